The molecule has 1 aliphatic heterocycles. The summed E-state index contributed by atoms with van der Waals surface area (Å²) in [5, 5.41) is 0. The molecule has 1 saturated heterocycles. The van der Waals surface area contributed by atoms with Gasteiger partial charge in [0.25, 0.3) is 0 Å². The van der Waals surface area contributed by atoms with Crippen molar-refractivity contribution in [1.82, 2.24) is 9.21 Å². The molecular formula is C15H19F3N2O3S. The Hall–Kier alpha value is -1.61. The van der Waals surface area contributed by atoms with Crippen molar-refractivity contribution in [2.45, 2.75) is 24.9 Å². The Morgan fingerprint density at radius 1 is 1.12 bits per heavy atom. The number of alkyl halides is 3. The zero-order valence-corrected chi connectivity index (χ0v) is 14.2. The SMILES string of the molecule is CC(C)C(=O)N1CCN(S(=O)(=O)c2cccc(C(F)(F)F)c2)CC1. The summed E-state index contributed by atoms with van der Waals surface area (Å²) in [5.74, 6) is -0.247. The smallest absolute Gasteiger partial charge is 0.340 e. The average molecular weight is 364 g/mol. The number of piperazine rings is 1. The minimum atomic E-state index is -4.60. The standard InChI is InChI=1S/C15H19F3N2O3S/c1-11(2)14(21)19-6-8-20(9-7-19)24(22,23)13-5-3-4-12(10-13)15(16,17)18/h3-5,10-11H,6-9H2,1-2H3. The number of nitrogens with zero attached hydrogens (tertiary/aromatic N) is 2. The number of hydrogen-bond acceptors (Lipinski definition) is 3. The summed E-state index contributed by atoms with van der Waals surface area (Å²) >= 11 is 0. The monoisotopic (exact) mass is 364 g/mol. The maximum Gasteiger partial charge on any atom is 0.416 e. The van der Waals surface area contributed by atoms with Gasteiger partial charge in [0.2, 0.25) is 15.9 Å². The van der Waals surface area contributed by atoms with Crippen LogP contribution in [-0.2, 0) is 21.0 Å². The van der Waals surface area contributed by atoms with E-state index in [1.165, 1.54) is 0 Å². The minimum absolute atomic E-state index is 0.0638. The molecule has 9 heteroatoms. The summed E-state index contributed by atoms with van der Waals surface area (Å²) in [6, 6.07) is 3.70. The van der Waals surface area contributed by atoms with Crippen LogP contribution >= 0.6 is 0 Å². The van der Waals surface area contributed by atoms with Crippen LogP contribution in [0.1, 0.15) is 19.4 Å². The van der Waals surface area contributed by atoms with Crippen molar-refractivity contribution in [1.29, 1.82) is 0 Å². The molecule has 0 spiro atoms. The highest BCUT2D eigenvalue weighted by Gasteiger charge is 2.34. The van der Waals surface area contributed by atoms with Crippen molar-refractivity contribution >= 4 is 15.9 Å². The molecule has 0 aromatic heterocycles. The van der Waals surface area contributed by atoms with Crippen molar-refractivity contribution in [2.24, 2.45) is 5.92 Å². The van der Waals surface area contributed by atoms with Gasteiger partial charge in [0, 0.05) is 32.1 Å². The molecule has 0 N–H and O–H groups in total. The Balaban J connectivity index is 2.17. The Morgan fingerprint density at radius 2 is 1.71 bits per heavy atom. The van der Waals surface area contributed by atoms with Gasteiger partial charge >= 0.3 is 6.18 Å². The van der Waals surface area contributed by atoms with Crippen LogP contribution in [0.2, 0.25) is 0 Å². The van der Waals surface area contributed by atoms with E-state index in [2.05, 4.69) is 0 Å². The molecule has 0 saturated carbocycles. The molecule has 0 radical (unpaired) electrons. The van der Waals surface area contributed by atoms with Crippen LogP contribution in [0, 0.1) is 5.92 Å². The molecule has 24 heavy (non-hydrogen) atoms. The summed E-state index contributed by atoms with van der Waals surface area (Å²) in [6.45, 7) is 4.11. The van der Waals surface area contributed by atoms with Crippen LogP contribution in [0.4, 0.5) is 13.2 Å². The van der Waals surface area contributed by atoms with Crippen molar-refractivity contribution < 1.29 is 26.4 Å². The van der Waals surface area contributed by atoms with Gasteiger partial charge in [-0.3, -0.25) is 4.79 Å². The first kappa shape index (κ1) is 18.7. The maximum absolute atomic E-state index is 12.8. The van der Waals surface area contributed by atoms with Gasteiger partial charge in [-0.15, -0.1) is 0 Å². The topological polar surface area (TPSA) is 57.7 Å². The quantitative estimate of drug-likeness (QED) is 0.826. The molecule has 1 heterocycles. The van der Waals surface area contributed by atoms with E-state index in [9.17, 15) is 26.4 Å². The fraction of sp³-hybridized carbons (Fsp3) is 0.533. The average Bonchev–Trinajstić information content (AvgIpc) is 2.53. The molecule has 0 aliphatic carbocycles. The predicted octanol–water partition coefficient (Wildman–Crippen LogP) is 2.19. The number of amides is 1. The van der Waals surface area contributed by atoms with Gasteiger partial charge in [-0.1, -0.05) is 19.9 Å². The van der Waals surface area contributed by atoms with E-state index in [0.717, 1.165) is 22.5 Å². The molecule has 1 aromatic rings. The lowest BCUT2D eigenvalue weighted by Gasteiger charge is -2.34. The molecular weight excluding hydrogens is 345 g/mol. The van der Waals surface area contributed by atoms with Crippen LogP contribution in [-0.4, -0.2) is 49.7 Å². The molecule has 134 valence electrons. The van der Waals surface area contributed by atoms with Gasteiger partial charge in [-0.2, -0.15) is 17.5 Å². The van der Waals surface area contributed by atoms with Gasteiger partial charge in [0.05, 0.1) is 10.5 Å². The van der Waals surface area contributed by atoms with E-state index >= 15 is 0 Å². The van der Waals surface area contributed by atoms with E-state index < -0.39 is 21.8 Å². The van der Waals surface area contributed by atoms with E-state index in [-0.39, 0.29) is 42.9 Å². The number of sulfonamides is 1. The second-order valence-corrected chi connectivity index (χ2v) is 7.85. The van der Waals surface area contributed by atoms with Gasteiger partial charge in [0.15, 0.2) is 0 Å². The first-order chi connectivity index (χ1) is 11.0. The van der Waals surface area contributed by atoms with E-state index in [4.69, 9.17) is 0 Å². The van der Waals surface area contributed by atoms with Crippen molar-refractivity contribution in [3.63, 3.8) is 0 Å². The largest absolute Gasteiger partial charge is 0.416 e. The highest BCUT2D eigenvalue weighted by molar-refractivity contribution is 7.89. The number of hydrogen-bond donors (Lipinski definition) is 0. The van der Waals surface area contributed by atoms with Crippen LogP contribution < -0.4 is 0 Å². The molecule has 0 atom stereocenters. The van der Waals surface area contributed by atoms with Gasteiger partial charge in [-0.05, 0) is 18.2 Å². The number of carbonyl (C=O) groups is 1. The third-order valence-corrected chi connectivity index (χ3v) is 5.74. The Kier molecular flexibility index (Phi) is 5.24. The molecule has 1 fully saturated rings. The number of benzene rings is 1. The zero-order chi connectivity index (χ0) is 18.1. The molecule has 0 bridgehead atoms. The second kappa shape index (κ2) is 6.72. The van der Waals surface area contributed by atoms with Crippen LogP contribution in [0.25, 0.3) is 0 Å². The highest BCUT2D eigenvalue weighted by atomic mass is 32.2. The molecule has 0 unspecified atom stereocenters. The van der Waals surface area contributed by atoms with Crippen molar-refractivity contribution in [3.8, 4) is 0 Å². The molecule has 5 nitrogen and oxygen atoms in total. The summed E-state index contributed by atoms with van der Waals surface area (Å²) in [4.78, 5) is 13.1. The second-order valence-electron chi connectivity index (χ2n) is 5.91. The normalized spacial score (nSPS) is 17.3. The third-order valence-electron chi connectivity index (χ3n) is 3.84. The zero-order valence-electron chi connectivity index (χ0n) is 13.4. The molecule has 1 aliphatic rings. The maximum atomic E-state index is 12.8. The predicted molar refractivity (Wildman–Crippen MR) is 81.6 cm³/mol. The fourth-order valence-electron chi connectivity index (χ4n) is 2.50. The van der Waals surface area contributed by atoms with E-state index in [1.54, 1.807) is 18.7 Å². The molecule has 2 rings (SSSR count). The molecule has 1 amide bonds. The molecule has 1 aromatic carbocycles. The third kappa shape index (κ3) is 3.89. The van der Waals surface area contributed by atoms with Crippen LogP contribution in [0.15, 0.2) is 29.2 Å². The van der Waals surface area contributed by atoms with Crippen molar-refractivity contribution in [3.05, 3.63) is 29.8 Å². The van der Waals surface area contributed by atoms with E-state index in [1.807, 2.05) is 0 Å². The number of carbonyl (C=O) groups excluding carboxylic acids is 1. The van der Waals surface area contributed by atoms with Crippen LogP contribution in [0.5, 0.6) is 0 Å². The van der Waals surface area contributed by atoms with Crippen molar-refractivity contribution in [2.75, 3.05) is 26.2 Å². The summed E-state index contributed by atoms with van der Waals surface area (Å²) in [5.41, 5.74) is -1.00. The first-order valence-corrected chi connectivity index (χ1v) is 8.93. The number of halogens is 3. The summed E-state index contributed by atoms with van der Waals surface area (Å²) < 4.78 is 64.5. The fourth-order valence-corrected chi connectivity index (χ4v) is 3.96. The van der Waals surface area contributed by atoms with E-state index in [0.29, 0.717) is 6.07 Å². The Morgan fingerprint density at radius 3 is 2.21 bits per heavy atom. The van der Waals surface area contributed by atoms with Crippen LogP contribution in [0.3, 0.4) is 0 Å². The number of rotatable bonds is 3. The lowest BCUT2D eigenvalue weighted by molar-refractivity contribution is -0.138. The highest BCUT2D eigenvalue weighted by Crippen LogP contribution is 2.31. The van der Waals surface area contributed by atoms with Gasteiger partial charge in [-0.25, -0.2) is 8.42 Å². The first-order valence-electron chi connectivity index (χ1n) is 7.49. The van der Waals surface area contributed by atoms with Gasteiger partial charge in [0.1, 0.15) is 0 Å². The minimum Gasteiger partial charge on any atom is -0.340 e. The summed E-state index contributed by atoms with van der Waals surface area (Å²) in [7, 11) is -4.02. The Bertz CT molecular complexity index is 709. The lowest BCUT2D eigenvalue weighted by atomic mass is 10.2. The summed E-state index contributed by atoms with van der Waals surface area (Å²) in [6.07, 6.45) is -4.60. The lowest BCUT2D eigenvalue weighted by Crippen LogP contribution is -2.51. The Labute approximate surface area is 139 Å². The van der Waals surface area contributed by atoms with Gasteiger partial charge < -0.3 is 4.90 Å².